The van der Waals surface area contributed by atoms with E-state index in [2.05, 4.69) is 5.32 Å². The lowest BCUT2D eigenvalue weighted by atomic mass is 10.2. The average Bonchev–Trinajstić information content (AvgIpc) is 2.14. The molecule has 0 spiro atoms. The van der Waals surface area contributed by atoms with Gasteiger partial charge in [0.25, 0.3) is 0 Å². The van der Waals surface area contributed by atoms with Crippen molar-refractivity contribution < 1.29 is 28.2 Å². The molecule has 96 valence electrons. The van der Waals surface area contributed by atoms with Crippen LogP contribution in [0.2, 0.25) is 0 Å². The predicted molar refractivity (Wildman–Crippen MR) is 51.0 cm³/mol. The van der Waals surface area contributed by atoms with E-state index in [1.807, 2.05) is 0 Å². The Morgan fingerprint density at radius 2 is 1.88 bits per heavy atom. The first-order valence-corrected chi connectivity index (χ1v) is 5.01. The second kappa shape index (κ2) is 7.45. The molecule has 0 aliphatic rings. The molecule has 0 radical (unpaired) electrons. The van der Waals surface area contributed by atoms with E-state index in [0.29, 0.717) is 25.8 Å². The lowest BCUT2D eigenvalue weighted by Gasteiger charge is -2.14. The third-order valence-corrected chi connectivity index (χ3v) is 1.96. The van der Waals surface area contributed by atoms with Crippen LogP contribution in [0.25, 0.3) is 0 Å². The fourth-order valence-corrected chi connectivity index (χ4v) is 1.06. The Bertz CT molecular complexity index is 209. The monoisotopic (exact) mass is 243 g/mol. The van der Waals surface area contributed by atoms with E-state index in [0.717, 1.165) is 0 Å². The Labute approximate surface area is 91.5 Å². The summed E-state index contributed by atoms with van der Waals surface area (Å²) in [4.78, 5) is 10.1. The van der Waals surface area contributed by atoms with Crippen LogP contribution in [0.5, 0.6) is 0 Å². The third kappa shape index (κ3) is 8.49. The summed E-state index contributed by atoms with van der Waals surface area (Å²) in [5, 5.41) is 19.4. The van der Waals surface area contributed by atoms with Crippen molar-refractivity contribution in [2.45, 2.75) is 38.0 Å². The predicted octanol–water partition coefficient (Wildman–Crippen LogP) is 1.14. The quantitative estimate of drug-likeness (QED) is 0.559. The van der Waals surface area contributed by atoms with Crippen molar-refractivity contribution in [2.75, 3.05) is 13.1 Å². The minimum atomic E-state index is -4.59. The maximum absolute atomic E-state index is 11.8. The van der Waals surface area contributed by atoms with Crippen molar-refractivity contribution in [2.24, 2.45) is 0 Å². The van der Waals surface area contributed by atoms with E-state index >= 15 is 0 Å². The fraction of sp³-hybridized carbons (Fsp3) is 0.889. The zero-order valence-electron chi connectivity index (χ0n) is 8.76. The number of carboxylic acid groups (broad SMARTS) is 1. The normalized spacial score (nSPS) is 13.8. The number of aliphatic hydroxyl groups is 1. The molecule has 0 aromatic rings. The van der Waals surface area contributed by atoms with Crippen molar-refractivity contribution in [3.8, 4) is 0 Å². The van der Waals surface area contributed by atoms with Gasteiger partial charge in [0.1, 0.15) is 0 Å². The van der Waals surface area contributed by atoms with E-state index in [4.69, 9.17) is 10.2 Å². The number of nitrogens with one attached hydrogen (secondary N) is 1. The van der Waals surface area contributed by atoms with Crippen LogP contribution < -0.4 is 5.32 Å². The Kier molecular flexibility index (Phi) is 7.07. The van der Waals surface area contributed by atoms with Crippen molar-refractivity contribution in [1.82, 2.24) is 5.32 Å². The summed E-state index contributed by atoms with van der Waals surface area (Å²) in [5.41, 5.74) is 0. The van der Waals surface area contributed by atoms with Gasteiger partial charge >= 0.3 is 12.1 Å². The molecule has 0 aliphatic carbocycles. The van der Waals surface area contributed by atoms with Gasteiger partial charge < -0.3 is 15.5 Å². The molecule has 0 aromatic heterocycles. The Morgan fingerprint density at radius 1 is 1.25 bits per heavy atom. The van der Waals surface area contributed by atoms with Crippen molar-refractivity contribution in [3.63, 3.8) is 0 Å². The second-order valence-electron chi connectivity index (χ2n) is 3.47. The SMILES string of the molecule is O=C(O)CCCCCNCC(O)C(F)(F)F. The van der Waals surface area contributed by atoms with Gasteiger partial charge in [-0.2, -0.15) is 13.2 Å². The third-order valence-electron chi connectivity index (χ3n) is 1.96. The van der Waals surface area contributed by atoms with Crippen LogP contribution in [0.1, 0.15) is 25.7 Å². The van der Waals surface area contributed by atoms with Crippen LogP contribution in [-0.4, -0.2) is 41.6 Å². The minimum Gasteiger partial charge on any atom is -0.481 e. The van der Waals surface area contributed by atoms with Gasteiger partial charge in [-0.25, -0.2) is 0 Å². The summed E-state index contributed by atoms with van der Waals surface area (Å²) in [6.45, 7) is -0.185. The molecular weight excluding hydrogens is 227 g/mol. The molecule has 1 atom stereocenters. The molecular formula is C9H16F3NO3. The summed E-state index contributed by atoms with van der Waals surface area (Å²) < 4.78 is 35.4. The van der Waals surface area contributed by atoms with Gasteiger partial charge in [-0.15, -0.1) is 0 Å². The second-order valence-corrected chi connectivity index (χ2v) is 3.47. The van der Waals surface area contributed by atoms with E-state index in [-0.39, 0.29) is 6.42 Å². The number of hydrogen-bond acceptors (Lipinski definition) is 3. The van der Waals surface area contributed by atoms with Gasteiger partial charge in [0.2, 0.25) is 0 Å². The number of aliphatic hydroxyl groups excluding tert-OH is 1. The molecule has 0 aromatic carbocycles. The molecule has 4 nitrogen and oxygen atoms in total. The van der Waals surface area contributed by atoms with E-state index < -0.39 is 24.8 Å². The lowest BCUT2D eigenvalue weighted by Crippen LogP contribution is -2.38. The minimum absolute atomic E-state index is 0.0746. The lowest BCUT2D eigenvalue weighted by molar-refractivity contribution is -0.201. The molecule has 1 unspecified atom stereocenters. The van der Waals surface area contributed by atoms with Crippen LogP contribution in [0.4, 0.5) is 13.2 Å². The van der Waals surface area contributed by atoms with Gasteiger partial charge in [-0.3, -0.25) is 4.79 Å². The highest BCUT2D eigenvalue weighted by Gasteiger charge is 2.37. The Balaban J connectivity index is 3.31. The molecule has 7 heteroatoms. The summed E-state index contributed by atoms with van der Waals surface area (Å²) in [6.07, 6.45) is -5.11. The van der Waals surface area contributed by atoms with Crippen molar-refractivity contribution in [3.05, 3.63) is 0 Å². The van der Waals surface area contributed by atoms with Gasteiger partial charge in [-0.05, 0) is 19.4 Å². The maximum Gasteiger partial charge on any atom is 0.415 e. The smallest absolute Gasteiger partial charge is 0.415 e. The van der Waals surface area contributed by atoms with Crippen LogP contribution >= 0.6 is 0 Å². The molecule has 0 heterocycles. The average molecular weight is 243 g/mol. The van der Waals surface area contributed by atoms with Crippen molar-refractivity contribution >= 4 is 5.97 Å². The van der Waals surface area contributed by atoms with E-state index in [9.17, 15) is 18.0 Å². The van der Waals surface area contributed by atoms with Gasteiger partial charge in [-0.1, -0.05) is 6.42 Å². The van der Waals surface area contributed by atoms with Crippen LogP contribution in [0.3, 0.4) is 0 Å². The summed E-state index contributed by atoms with van der Waals surface area (Å²) in [6, 6.07) is 0. The number of rotatable bonds is 8. The number of halogens is 3. The number of alkyl halides is 3. The van der Waals surface area contributed by atoms with E-state index in [1.54, 1.807) is 0 Å². The Morgan fingerprint density at radius 3 is 2.38 bits per heavy atom. The fourth-order valence-electron chi connectivity index (χ4n) is 1.06. The highest BCUT2D eigenvalue weighted by molar-refractivity contribution is 5.66. The molecule has 3 N–H and O–H groups in total. The number of aliphatic carboxylic acids is 1. The molecule has 0 bridgehead atoms. The first-order valence-electron chi connectivity index (χ1n) is 5.01. The number of unbranched alkanes of at least 4 members (excludes halogenated alkanes) is 2. The Hall–Kier alpha value is -0.820. The maximum atomic E-state index is 11.8. The van der Waals surface area contributed by atoms with E-state index in [1.165, 1.54) is 0 Å². The zero-order chi connectivity index (χ0) is 12.6. The van der Waals surface area contributed by atoms with Crippen molar-refractivity contribution in [1.29, 1.82) is 0 Å². The molecule has 0 rings (SSSR count). The number of carboxylic acids is 1. The first-order chi connectivity index (χ1) is 7.34. The summed E-state index contributed by atoms with van der Waals surface area (Å²) in [7, 11) is 0. The van der Waals surface area contributed by atoms with Crippen LogP contribution in [0, 0.1) is 0 Å². The highest BCUT2D eigenvalue weighted by atomic mass is 19.4. The first kappa shape index (κ1) is 15.2. The molecule has 0 aliphatic heterocycles. The topological polar surface area (TPSA) is 69.6 Å². The molecule has 0 saturated carbocycles. The van der Waals surface area contributed by atoms with Gasteiger partial charge in [0, 0.05) is 13.0 Å². The van der Waals surface area contributed by atoms with Gasteiger partial charge in [0.05, 0.1) is 0 Å². The summed E-state index contributed by atoms with van der Waals surface area (Å²) >= 11 is 0. The van der Waals surface area contributed by atoms with Crippen LogP contribution in [0.15, 0.2) is 0 Å². The molecule has 16 heavy (non-hydrogen) atoms. The molecule has 0 amide bonds. The standard InChI is InChI=1S/C9H16F3NO3/c10-9(11,12)7(14)6-13-5-3-1-2-4-8(15)16/h7,13-14H,1-6H2,(H,15,16). The van der Waals surface area contributed by atoms with Crippen LogP contribution in [-0.2, 0) is 4.79 Å². The molecule has 0 fully saturated rings. The number of carbonyl (C=O) groups is 1. The number of hydrogen-bond donors (Lipinski definition) is 3. The summed E-state index contributed by atoms with van der Waals surface area (Å²) in [5.74, 6) is -0.875. The van der Waals surface area contributed by atoms with Gasteiger partial charge in [0.15, 0.2) is 6.10 Å². The highest BCUT2D eigenvalue weighted by Crippen LogP contribution is 2.19. The largest absolute Gasteiger partial charge is 0.481 e. The zero-order valence-corrected chi connectivity index (χ0v) is 8.76. The molecule has 0 saturated heterocycles.